The fourth-order valence-corrected chi connectivity index (χ4v) is 8.91. The molecule has 0 aromatic carbocycles. The number of ether oxygens (including phenoxy) is 4. The number of aliphatic carboxylic acids is 1. The first-order chi connectivity index (χ1) is 35.1. The third-order valence-electron chi connectivity index (χ3n) is 13.6. The van der Waals surface area contributed by atoms with Crippen LogP contribution in [-0.4, -0.2) is 87.4 Å². The Kier molecular flexibility index (Phi) is 52.9. The van der Waals surface area contributed by atoms with Gasteiger partial charge in [-0.2, -0.15) is 0 Å². The summed E-state index contributed by atoms with van der Waals surface area (Å²) in [6.45, 7) is 4.91. The number of carboxylic acid groups (broad SMARTS) is 1. The number of carbonyl (C=O) groups excluding carboxylic acids is 2. The molecule has 2 atom stereocenters. The minimum absolute atomic E-state index is 0.180. The second kappa shape index (κ2) is 54.8. The molecule has 1 N–H and O–H groups in total. The molecule has 2 unspecified atom stereocenters. The first kappa shape index (κ1) is 69.5. The fraction of sp³-hybridized carbons (Fsp3) is 0.857. The number of quaternary nitrogens is 1. The Morgan fingerprint density at radius 2 is 0.750 bits per heavy atom. The van der Waals surface area contributed by atoms with Gasteiger partial charge in [0.25, 0.3) is 6.29 Å². The van der Waals surface area contributed by atoms with E-state index in [0.29, 0.717) is 17.4 Å². The van der Waals surface area contributed by atoms with Crippen LogP contribution >= 0.6 is 0 Å². The van der Waals surface area contributed by atoms with Gasteiger partial charge in [0, 0.05) is 12.8 Å². The summed E-state index contributed by atoms with van der Waals surface area (Å²) in [4.78, 5) is 37.5. The molecule has 0 aromatic heterocycles. The molecule has 0 rings (SSSR count). The van der Waals surface area contributed by atoms with Gasteiger partial charge in [0.05, 0.1) is 34.4 Å². The molecule has 0 aliphatic carbocycles. The first-order valence-electron chi connectivity index (χ1n) is 30.7. The van der Waals surface area contributed by atoms with E-state index in [9.17, 15) is 19.5 Å². The number of esters is 2. The summed E-state index contributed by atoms with van der Waals surface area (Å²) in [5.74, 6) is -1.99. The lowest BCUT2D eigenvalue weighted by Gasteiger charge is -2.25. The summed E-state index contributed by atoms with van der Waals surface area (Å²) in [6.07, 6.45) is 63.7. The SMILES string of the molecule is CCCCCCC/C=C\C/C=C\C/C=C\CCCCCCCCCCCCC(=O)OC(COC(=O)CCCCCCCCCCCCCCCCCCCCCCCC)COC(OCC[N+](C)(C)C)C(=O)O. The Morgan fingerprint density at radius 1 is 0.417 bits per heavy atom. The average molecular weight is 1020 g/mol. The lowest BCUT2D eigenvalue weighted by atomic mass is 10.0. The highest BCUT2D eigenvalue weighted by atomic mass is 16.7. The van der Waals surface area contributed by atoms with Crippen LogP contribution in [0.5, 0.6) is 0 Å². The zero-order valence-electron chi connectivity index (χ0n) is 48.1. The first-order valence-corrected chi connectivity index (χ1v) is 30.7. The summed E-state index contributed by atoms with van der Waals surface area (Å²) in [6, 6.07) is 0. The van der Waals surface area contributed by atoms with Crippen molar-refractivity contribution >= 4 is 17.9 Å². The van der Waals surface area contributed by atoms with E-state index in [2.05, 4.69) is 50.3 Å². The number of allylic oxidation sites excluding steroid dienone is 6. The van der Waals surface area contributed by atoms with Crippen molar-refractivity contribution in [2.75, 3.05) is 47.5 Å². The Labute approximate surface area is 445 Å². The molecule has 9 heteroatoms. The van der Waals surface area contributed by atoms with Gasteiger partial charge in [0.2, 0.25) is 0 Å². The summed E-state index contributed by atoms with van der Waals surface area (Å²) >= 11 is 0. The number of hydrogen-bond donors (Lipinski definition) is 1. The van der Waals surface area contributed by atoms with Gasteiger partial charge in [-0.15, -0.1) is 0 Å². The normalized spacial score (nSPS) is 13.0. The van der Waals surface area contributed by atoms with E-state index in [1.165, 1.54) is 205 Å². The van der Waals surface area contributed by atoms with Crippen molar-refractivity contribution in [3.8, 4) is 0 Å². The van der Waals surface area contributed by atoms with E-state index < -0.39 is 24.3 Å². The van der Waals surface area contributed by atoms with Crippen molar-refractivity contribution < 1.29 is 42.9 Å². The predicted octanol–water partition coefficient (Wildman–Crippen LogP) is 18.1. The van der Waals surface area contributed by atoms with Crippen molar-refractivity contribution in [1.29, 1.82) is 0 Å². The number of unbranched alkanes of at least 4 members (excludes halogenated alkanes) is 36. The van der Waals surface area contributed by atoms with Gasteiger partial charge in [-0.25, -0.2) is 4.79 Å². The van der Waals surface area contributed by atoms with Crippen LogP contribution in [0.3, 0.4) is 0 Å². The summed E-state index contributed by atoms with van der Waals surface area (Å²) in [5.41, 5.74) is 0. The van der Waals surface area contributed by atoms with Crippen LogP contribution in [0.2, 0.25) is 0 Å². The maximum atomic E-state index is 12.9. The molecule has 0 saturated carbocycles. The van der Waals surface area contributed by atoms with E-state index in [1.807, 2.05) is 21.1 Å². The van der Waals surface area contributed by atoms with Gasteiger partial charge >= 0.3 is 17.9 Å². The lowest BCUT2D eigenvalue weighted by Crippen LogP contribution is -2.40. The molecule has 72 heavy (non-hydrogen) atoms. The fourth-order valence-electron chi connectivity index (χ4n) is 8.91. The predicted molar refractivity (Wildman–Crippen MR) is 304 cm³/mol. The molecule has 0 bridgehead atoms. The molecule has 0 aliphatic rings. The molecule has 0 amide bonds. The van der Waals surface area contributed by atoms with Crippen molar-refractivity contribution in [2.45, 2.75) is 302 Å². The van der Waals surface area contributed by atoms with Gasteiger partial charge in [0.1, 0.15) is 13.2 Å². The third kappa shape index (κ3) is 55.3. The number of rotatable bonds is 57. The molecule has 0 fully saturated rings. The van der Waals surface area contributed by atoms with Crippen LogP contribution in [0.1, 0.15) is 290 Å². The van der Waals surface area contributed by atoms with Crippen LogP contribution < -0.4 is 0 Å². The van der Waals surface area contributed by atoms with Gasteiger partial charge in [-0.3, -0.25) is 9.59 Å². The Balaban J connectivity index is 4.20. The number of carbonyl (C=O) groups is 3. The van der Waals surface area contributed by atoms with Gasteiger partial charge in [0.15, 0.2) is 6.10 Å². The minimum atomic E-state index is -1.51. The number of carboxylic acids is 1. The van der Waals surface area contributed by atoms with Gasteiger partial charge in [-0.1, -0.05) is 262 Å². The van der Waals surface area contributed by atoms with E-state index in [4.69, 9.17) is 18.9 Å². The van der Waals surface area contributed by atoms with E-state index in [-0.39, 0.29) is 32.2 Å². The highest BCUT2D eigenvalue weighted by molar-refractivity contribution is 5.71. The molecule has 422 valence electrons. The molecule has 9 nitrogen and oxygen atoms in total. The second-order valence-corrected chi connectivity index (χ2v) is 22.0. The number of likely N-dealkylation sites (N-methyl/N-ethyl adjacent to an activating group) is 1. The van der Waals surface area contributed by atoms with Crippen molar-refractivity contribution in [2.24, 2.45) is 0 Å². The highest BCUT2D eigenvalue weighted by Gasteiger charge is 2.25. The standard InChI is InChI=1S/C63H117NO8/c1-6-8-10-12-14-16-18-20-22-24-26-28-30-31-32-34-36-38-40-42-44-46-48-50-52-54-61(66)72-59(58-71-63(62(67)68)69-56-55-64(3,4)5)57-70-60(65)53-51-49-47-45-43-41-39-37-35-33-29-27-25-23-21-19-17-15-13-11-9-7-2/h18,20,24,26,30-31,59,63H,6-17,19,21-23,25,27-29,32-58H2,1-5H3/p+1/b20-18-,26-24-,31-30-. The van der Waals surface area contributed by atoms with Crippen molar-refractivity contribution in [3.05, 3.63) is 36.5 Å². The quantitative estimate of drug-likeness (QED) is 0.0211. The molecule has 0 spiro atoms. The van der Waals surface area contributed by atoms with E-state index in [1.54, 1.807) is 0 Å². The van der Waals surface area contributed by atoms with Gasteiger partial charge in [-0.05, 0) is 51.4 Å². The molecular formula is C63H118NO8+. The smallest absolute Gasteiger partial charge is 0.361 e. The molecule has 0 aliphatic heterocycles. The van der Waals surface area contributed by atoms with Crippen LogP contribution in [0.25, 0.3) is 0 Å². The molecule has 0 heterocycles. The minimum Gasteiger partial charge on any atom is -0.477 e. The average Bonchev–Trinajstić information content (AvgIpc) is 3.35. The highest BCUT2D eigenvalue weighted by Crippen LogP contribution is 2.17. The van der Waals surface area contributed by atoms with Crippen molar-refractivity contribution in [1.82, 2.24) is 0 Å². The van der Waals surface area contributed by atoms with Crippen LogP contribution in [0.15, 0.2) is 36.5 Å². The number of nitrogens with zero attached hydrogens (tertiary/aromatic N) is 1. The van der Waals surface area contributed by atoms with Crippen LogP contribution in [-0.2, 0) is 33.3 Å². The monoisotopic (exact) mass is 1020 g/mol. The maximum absolute atomic E-state index is 12.9. The zero-order chi connectivity index (χ0) is 52.7. The van der Waals surface area contributed by atoms with Crippen LogP contribution in [0.4, 0.5) is 0 Å². The molecular weight excluding hydrogens is 899 g/mol. The van der Waals surface area contributed by atoms with Crippen LogP contribution in [0, 0.1) is 0 Å². The lowest BCUT2D eigenvalue weighted by molar-refractivity contribution is -0.870. The van der Waals surface area contributed by atoms with E-state index in [0.717, 1.165) is 57.8 Å². The summed E-state index contributed by atoms with van der Waals surface area (Å²) in [7, 11) is 5.98. The summed E-state index contributed by atoms with van der Waals surface area (Å²) < 4.78 is 22.9. The number of hydrogen-bond acceptors (Lipinski definition) is 7. The zero-order valence-corrected chi connectivity index (χ0v) is 48.1. The largest absolute Gasteiger partial charge is 0.477 e. The third-order valence-corrected chi connectivity index (χ3v) is 13.6. The molecule has 0 saturated heterocycles. The second-order valence-electron chi connectivity index (χ2n) is 22.0. The Morgan fingerprint density at radius 3 is 1.11 bits per heavy atom. The Bertz CT molecular complexity index is 1270. The maximum Gasteiger partial charge on any atom is 0.361 e. The van der Waals surface area contributed by atoms with E-state index >= 15 is 0 Å². The molecule has 0 aromatic rings. The Hall–Kier alpha value is -2.49. The summed E-state index contributed by atoms with van der Waals surface area (Å²) in [5, 5.41) is 9.71. The topological polar surface area (TPSA) is 108 Å². The van der Waals surface area contributed by atoms with Gasteiger partial charge < -0.3 is 28.5 Å². The molecule has 0 radical (unpaired) electrons. The van der Waals surface area contributed by atoms with Crippen molar-refractivity contribution in [3.63, 3.8) is 0 Å².